The number of hydrogen-bond acceptors (Lipinski definition) is 4. The number of fused-ring (bicyclic) bond motifs is 6. The smallest absolute Gasteiger partial charge is 0.164 e. The zero-order valence-electron chi connectivity index (χ0n) is 30.4. The molecular weight excluding hydrogens is 701 g/mol. The van der Waals surface area contributed by atoms with Crippen molar-refractivity contribution in [3.8, 4) is 62.1 Å². The average Bonchev–Trinajstić information content (AvgIpc) is 3.83. The van der Waals surface area contributed by atoms with Crippen molar-refractivity contribution in [2.75, 3.05) is 0 Å². The van der Waals surface area contributed by atoms with E-state index in [1.165, 1.54) is 59.0 Å². The number of thiophene rings is 1. The molecule has 11 rings (SSSR count). The number of aryl methyl sites for hydroxylation is 1. The molecule has 7 aromatic carbocycles. The minimum atomic E-state index is 0.638. The molecule has 0 atom stereocenters. The summed E-state index contributed by atoms with van der Waals surface area (Å²) in [6, 6.07) is 60.1. The van der Waals surface area contributed by atoms with Gasteiger partial charge in [-0.2, -0.15) is 0 Å². The number of nitrogens with zero attached hydrogens (tertiary/aromatic N) is 4. The summed E-state index contributed by atoms with van der Waals surface area (Å²) in [7, 11) is 0. The molecule has 0 saturated carbocycles. The fourth-order valence-electron chi connectivity index (χ4n) is 8.17. The molecule has 0 aliphatic heterocycles. The molecule has 0 amide bonds. The summed E-state index contributed by atoms with van der Waals surface area (Å²) < 4.78 is 3.76. The Balaban J connectivity index is 1.01. The van der Waals surface area contributed by atoms with Gasteiger partial charge in [0.05, 0.1) is 11.0 Å². The standard InChI is InChI=1S/C51H34N4S/c1-3-12-33(13-4-1)34-22-24-36(25-23-34)50-52-49(35-14-5-2-6-15-35)53-51(54-50)37-26-29-39(30-27-37)55-45-20-9-7-16-41(45)42-31-28-38(32-46(42)55)40-18-11-19-44-43-17-8-10-21-47(43)56-48(40)44/h1-9,11-20,22-32H,10,21H2. The van der Waals surface area contributed by atoms with Crippen LogP contribution < -0.4 is 0 Å². The predicted molar refractivity (Wildman–Crippen MR) is 234 cm³/mol. The molecule has 1 aliphatic rings. The van der Waals surface area contributed by atoms with Gasteiger partial charge >= 0.3 is 0 Å². The SMILES string of the molecule is C1=Cc2c(sc3c(-c4ccc5c6ccccc6n(-c6ccc(-c7nc(-c8ccccc8)nc(-c8ccc(-c9ccccc9)cc8)n7)cc6)c5c4)cccc23)CC1. The van der Waals surface area contributed by atoms with Crippen molar-refractivity contribution >= 4 is 49.3 Å². The van der Waals surface area contributed by atoms with Gasteiger partial charge in [0.25, 0.3) is 0 Å². The summed E-state index contributed by atoms with van der Waals surface area (Å²) in [6.45, 7) is 0. The first-order valence-corrected chi connectivity index (χ1v) is 19.9. The van der Waals surface area contributed by atoms with Gasteiger partial charge in [-0.1, -0.05) is 146 Å². The third-order valence-electron chi connectivity index (χ3n) is 10.9. The van der Waals surface area contributed by atoms with Gasteiger partial charge in [0.2, 0.25) is 0 Å². The maximum atomic E-state index is 5.06. The molecule has 3 heterocycles. The highest BCUT2D eigenvalue weighted by atomic mass is 32.1. The predicted octanol–water partition coefficient (Wildman–Crippen LogP) is 13.5. The second-order valence-corrected chi connectivity index (χ2v) is 15.4. The summed E-state index contributed by atoms with van der Waals surface area (Å²) in [4.78, 5) is 16.5. The quantitative estimate of drug-likeness (QED) is 0.171. The Morgan fingerprint density at radius 2 is 1.00 bits per heavy atom. The van der Waals surface area contributed by atoms with Gasteiger partial charge in [-0.05, 0) is 77.1 Å². The molecular formula is C51H34N4S. The lowest BCUT2D eigenvalue weighted by molar-refractivity contribution is 1.02. The van der Waals surface area contributed by atoms with Crippen molar-refractivity contribution in [2.45, 2.75) is 12.8 Å². The molecule has 1 aliphatic carbocycles. The van der Waals surface area contributed by atoms with Crippen molar-refractivity contribution in [3.63, 3.8) is 0 Å². The summed E-state index contributed by atoms with van der Waals surface area (Å²) >= 11 is 1.96. The van der Waals surface area contributed by atoms with E-state index >= 15 is 0 Å². The Morgan fingerprint density at radius 3 is 1.73 bits per heavy atom. The highest BCUT2D eigenvalue weighted by Gasteiger charge is 2.19. The van der Waals surface area contributed by atoms with Crippen LogP contribution in [0.4, 0.5) is 0 Å². The van der Waals surface area contributed by atoms with Crippen LogP contribution in [0.25, 0.3) is 100 Å². The van der Waals surface area contributed by atoms with Gasteiger partial charge < -0.3 is 4.57 Å². The van der Waals surface area contributed by atoms with Gasteiger partial charge in [-0.3, -0.25) is 0 Å². The van der Waals surface area contributed by atoms with Crippen molar-refractivity contribution in [2.24, 2.45) is 0 Å². The Labute approximate surface area is 328 Å². The van der Waals surface area contributed by atoms with E-state index < -0.39 is 0 Å². The fourth-order valence-corrected chi connectivity index (χ4v) is 9.51. The van der Waals surface area contributed by atoms with Gasteiger partial charge in [-0.15, -0.1) is 11.3 Å². The molecule has 0 bridgehead atoms. The molecule has 0 radical (unpaired) electrons. The normalized spacial score (nSPS) is 12.4. The lowest BCUT2D eigenvalue weighted by atomic mass is 9.98. The topological polar surface area (TPSA) is 43.6 Å². The Morgan fingerprint density at radius 1 is 0.446 bits per heavy atom. The number of benzene rings is 7. The maximum Gasteiger partial charge on any atom is 0.164 e. The second-order valence-electron chi connectivity index (χ2n) is 14.3. The van der Waals surface area contributed by atoms with Crippen LogP contribution in [0.5, 0.6) is 0 Å². The van der Waals surface area contributed by atoms with Gasteiger partial charge in [0.15, 0.2) is 17.5 Å². The van der Waals surface area contributed by atoms with E-state index in [-0.39, 0.29) is 0 Å². The summed E-state index contributed by atoms with van der Waals surface area (Å²) in [6.07, 6.45) is 6.86. The van der Waals surface area contributed by atoms with E-state index in [4.69, 9.17) is 15.0 Å². The molecule has 10 aromatic rings. The minimum absolute atomic E-state index is 0.638. The van der Waals surface area contributed by atoms with E-state index in [0.29, 0.717) is 17.5 Å². The van der Waals surface area contributed by atoms with Gasteiger partial charge in [0, 0.05) is 48.1 Å². The van der Waals surface area contributed by atoms with Crippen LogP contribution in [0.1, 0.15) is 16.9 Å². The van der Waals surface area contributed by atoms with E-state index in [9.17, 15) is 0 Å². The fraction of sp³-hybridized carbons (Fsp3) is 0.0392. The Hall–Kier alpha value is -6.95. The van der Waals surface area contributed by atoms with Gasteiger partial charge in [0.1, 0.15) is 0 Å². The van der Waals surface area contributed by atoms with Crippen molar-refractivity contribution in [1.29, 1.82) is 0 Å². The van der Waals surface area contributed by atoms with E-state index in [1.807, 2.05) is 47.7 Å². The molecule has 0 spiro atoms. The van der Waals surface area contributed by atoms with Crippen LogP contribution in [-0.4, -0.2) is 19.5 Å². The molecule has 0 fully saturated rings. The van der Waals surface area contributed by atoms with Gasteiger partial charge in [-0.25, -0.2) is 15.0 Å². The van der Waals surface area contributed by atoms with Crippen molar-refractivity contribution in [1.82, 2.24) is 19.5 Å². The summed E-state index contributed by atoms with van der Waals surface area (Å²) in [5.74, 6) is 1.93. The third kappa shape index (κ3) is 5.55. The molecule has 264 valence electrons. The number of para-hydroxylation sites is 1. The molecule has 3 aromatic heterocycles. The first kappa shape index (κ1) is 32.5. The number of aromatic nitrogens is 4. The molecule has 56 heavy (non-hydrogen) atoms. The molecule has 0 unspecified atom stereocenters. The Bertz CT molecular complexity index is 3100. The number of rotatable bonds is 6. The van der Waals surface area contributed by atoms with Crippen LogP contribution in [-0.2, 0) is 6.42 Å². The lowest BCUT2D eigenvalue weighted by Crippen LogP contribution is -2.00. The lowest BCUT2D eigenvalue weighted by Gasteiger charge is -2.12. The molecule has 4 nitrogen and oxygen atoms in total. The van der Waals surface area contributed by atoms with E-state index in [1.54, 1.807) is 0 Å². The summed E-state index contributed by atoms with van der Waals surface area (Å²) in [5.41, 5.74) is 12.5. The van der Waals surface area contributed by atoms with Crippen LogP contribution in [0.2, 0.25) is 0 Å². The van der Waals surface area contributed by atoms with Crippen LogP contribution >= 0.6 is 11.3 Å². The zero-order valence-corrected chi connectivity index (χ0v) is 31.2. The molecule has 0 saturated heterocycles. The highest BCUT2D eigenvalue weighted by molar-refractivity contribution is 7.20. The number of hydrogen-bond donors (Lipinski definition) is 0. The molecule has 5 heteroatoms. The van der Waals surface area contributed by atoms with E-state index in [0.717, 1.165) is 40.8 Å². The minimum Gasteiger partial charge on any atom is -0.309 e. The summed E-state index contributed by atoms with van der Waals surface area (Å²) in [5, 5.41) is 3.83. The van der Waals surface area contributed by atoms with Crippen LogP contribution in [0, 0.1) is 0 Å². The largest absolute Gasteiger partial charge is 0.309 e. The van der Waals surface area contributed by atoms with Crippen LogP contribution in [0.15, 0.2) is 176 Å². The average molecular weight is 735 g/mol. The Kier molecular flexibility index (Phi) is 7.78. The van der Waals surface area contributed by atoms with E-state index in [2.05, 4.69) is 150 Å². The zero-order chi connectivity index (χ0) is 37.0. The maximum absolute atomic E-state index is 5.06. The van der Waals surface area contributed by atoms with Crippen molar-refractivity contribution < 1.29 is 0 Å². The number of allylic oxidation sites excluding steroid dienone is 1. The monoisotopic (exact) mass is 734 g/mol. The molecule has 0 N–H and O–H groups in total. The third-order valence-corrected chi connectivity index (χ3v) is 12.3. The second kappa shape index (κ2) is 13.4. The first-order valence-electron chi connectivity index (χ1n) is 19.1. The first-order chi connectivity index (χ1) is 27.7. The van der Waals surface area contributed by atoms with Crippen LogP contribution in [0.3, 0.4) is 0 Å². The highest BCUT2D eigenvalue weighted by Crippen LogP contribution is 2.42. The van der Waals surface area contributed by atoms with Crippen molar-refractivity contribution in [3.05, 3.63) is 186 Å².